The maximum atomic E-state index is 9.34. The number of aliphatic hydroxyl groups excluding tert-OH is 1. The largest absolute Gasteiger partial charge is 0.387 e. The zero-order chi connectivity index (χ0) is 12.3. The van der Waals surface area contributed by atoms with Crippen molar-refractivity contribution in [1.29, 1.82) is 0 Å². The van der Waals surface area contributed by atoms with E-state index in [9.17, 15) is 5.11 Å². The number of nitrogens with zero attached hydrogens (tertiary/aromatic N) is 3. The van der Waals surface area contributed by atoms with Gasteiger partial charge in [0, 0.05) is 23.5 Å². The van der Waals surface area contributed by atoms with Gasteiger partial charge in [-0.25, -0.2) is 9.97 Å². The molecule has 5 heteroatoms. The Kier molecular flexibility index (Phi) is 3.71. The highest BCUT2D eigenvalue weighted by Gasteiger charge is 2.04. The molecule has 0 aliphatic carbocycles. The van der Waals surface area contributed by atoms with Crippen LogP contribution in [0, 0.1) is 6.92 Å². The average Bonchev–Trinajstić information content (AvgIpc) is 2.33. The van der Waals surface area contributed by atoms with Gasteiger partial charge in [-0.1, -0.05) is 0 Å². The summed E-state index contributed by atoms with van der Waals surface area (Å²) >= 11 is 1.45. The molecule has 0 spiro atoms. The van der Waals surface area contributed by atoms with E-state index < -0.39 is 6.10 Å². The second-order valence-electron chi connectivity index (χ2n) is 3.74. The molecule has 0 aliphatic rings. The molecule has 0 amide bonds. The van der Waals surface area contributed by atoms with Crippen LogP contribution in [0.2, 0.25) is 0 Å². The highest BCUT2D eigenvalue weighted by atomic mass is 32.2. The second kappa shape index (κ2) is 5.25. The van der Waals surface area contributed by atoms with Crippen molar-refractivity contribution in [3.8, 4) is 0 Å². The molecule has 0 saturated heterocycles. The van der Waals surface area contributed by atoms with Gasteiger partial charge in [0.25, 0.3) is 0 Å². The molecule has 17 heavy (non-hydrogen) atoms. The molecule has 0 saturated carbocycles. The normalized spacial score (nSPS) is 12.4. The monoisotopic (exact) mass is 247 g/mol. The summed E-state index contributed by atoms with van der Waals surface area (Å²) in [7, 11) is 0. The quantitative estimate of drug-likeness (QED) is 0.844. The summed E-state index contributed by atoms with van der Waals surface area (Å²) < 4.78 is 0. The fraction of sp³-hybridized carbons (Fsp3) is 0.250. The van der Waals surface area contributed by atoms with Crippen LogP contribution in [0.4, 0.5) is 0 Å². The van der Waals surface area contributed by atoms with Crippen molar-refractivity contribution in [1.82, 2.24) is 15.0 Å². The molecular weight excluding hydrogens is 234 g/mol. The summed E-state index contributed by atoms with van der Waals surface area (Å²) in [5.41, 5.74) is 1.70. The number of aliphatic hydroxyl groups is 1. The van der Waals surface area contributed by atoms with Gasteiger partial charge in [-0.3, -0.25) is 4.98 Å². The molecule has 0 aliphatic heterocycles. The van der Waals surface area contributed by atoms with E-state index >= 15 is 0 Å². The Labute approximate surface area is 104 Å². The first-order chi connectivity index (χ1) is 8.15. The fourth-order valence-electron chi connectivity index (χ4n) is 1.24. The van der Waals surface area contributed by atoms with Crippen molar-refractivity contribution in [3.05, 3.63) is 42.0 Å². The van der Waals surface area contributed by atoms with Crippen LogP contribution in [0.5, 0.6) is 0 Å². The molecule has 0 radical (unpaired) electrons. The summed E-state index contributed by atoms with van der Waals surface area (Å²) in [6.45, 7) is 3.64. The van der Waals surface area contributed by atoms with Crippen LogP contribution in [0.15, 0.2) is 40.8 Å². The zero-order valence-electron chi connectivity index (χ0n) is 9.66. The zero-order valence-corrected chi connectivity index (χ0v) is 10.5. The predicted octanol–water partition coefficient (Wildman–Crippen LogP) is 2.38. The minimum absolute atomic E-state index is 0.537. The molecule has 4 nitrogen and oxygen atoms in total. The molecule has 1 atom stereocenters. The van der Waals surface area contributed by atoms with Gasteiger partial charge in [0.05, 0.1) is 11.8 Å². The molecule has 1 N–H and O–H groups in total. The average molecular weight is 247 g/mol. The van der Waals surface area contributed by atoms with E-state index in [1.807, 2.05) is 13.0 Å². The van der Waals surface area contributed by atoms with E-state index in [0.717, 1.165) is 10.5 Å². The Morgan fingerprint density at radius 3 is 2.35 bits per heavy atom. The Morgan fingerprint density at radius 2 is 1.82 bits per heavy atom. The van der Waals surface area contributed by atoms with Crippen LogP contribution in [-0.2, 0) is 0 Å². The topological polar surface area (TPSA) is 58.9 Å². The lowest BCUT2D eigenvalue weighted by atomic mass is 10.2. The van der Waals surface area contributed by atoms with Crippen molar-refractivity contribution in [2.24, 2.45) is 0 Å². The third-order valence-electron chi connectivity index (χ3n) is 2.15. The number of hydrogen-bond donors (Lipinski definition) is 1. The Hall–Kier alpha value is -1.46. The highest BCUT2D eigenvalue weighted by molar-refractivity contribution is 7.99. The molecule has 2 rings (SSSR count). The SMILES string of the molecule is Cc1cnc(Sc2ccc([C@H](C)O)nc2)nc1. The minimum atomic E-state index is -0.537. The first-order valence-corrected chi connectivity index (χ1v) is 6.07. The summed E-state index contributed by atoms with van der Waals surface area (Å²) in [5, 5.41) is 10.0. The van der Waals surface area contributed by atoms with Crippen LogP contribution >= 0.6 is 11.8 Å². The van der Waals surface area contributed by atoms with Crippen molar-refractivity contribution in [2.45, 2.75) is 30.0 Å². The summed E-state index contributed by atoms with van der Waals surface area (Å²) in [6, 6.07) is 3.71. The second-order valence-corrected chi connectivity index (χ2v) is 4.78. The van der Waals surface area contributed by atoms with E-state index in [1.165, 1.54) is 11.8 Å². The van der Waals surface area contributed by atoms with Crippen molar-refractivity contribution in [3.63, 3.8) is 0 Å². The molecule has 0 unspecified atom stereocenters. The summed E-state index contributed by atoms with van der Waals surface area (Å²) in [5.74, 6) is 0. The number of aromatic nitrogens is 3. The van der Waals surface area contributed by atoms with Gasteiger partial charge in [-0.2, -0.15) is 0 Å². The number of aryl methyl sites for hydroxylation is 1. The number of rotatable bonds is 3. The van der Waals surface area contributed by atoms with Crippen LogP contribution in [0.3, 0.4) is 0 Å². The molecular formula is C12H13N3OS. The first kappa shape index (κ1) is 12.0. The van der Waals surface area contributed by atoms with E-state index in [2.05, 4.69) is 15.0 Å². The number of hydrogen-bond acceptors (Lipinski definition) is 5. The maximum Gasteiger partial charge on any atom is 0.192 e. The van der Waals surface area contributed by atoms with Crippen molar-refractivity contribution in [2.75, 3.05) is 0 Å². The lowest BCUT2D eigenvalue weighted by Crippen LogP contribution is -1.94. The third-order valence-corrected chi connectivity index (χ3v) is 3.02. The molecule has 0 fully saturated rings. The van der Waals surface area contributed by atoms with Gasteiger partial charge in [0.15, 0.2) is 5.16 Å². The van der Waals surface area contributed by atoms with Gasteiger partial charge in [-0.05, 0) is 43.3 Å². The smallest absolute Gasteiger partial charge is 0.192 e. The Bertz CT molecular complexity index is 482. The maximum absolute atomic E-state index is 9.34. The molecule has 2 heterocycles. The number of pyridine rings is 1. The lowest BCUT2D eigenvalue weighted by Gasteiger charge is -2.04. The van der Waals surface area contributed by atoms with E-state index in [-0.39, 0.29) is 0 Å². The van der Waals surface area contributed by atoms with Gasteiger partial charge in [0.2, 0.25) is 0 Å². The summed E-state index contributed by atoms with van der Waals surface area (Å²) in [4.78, 5) is 13.5. The molecule has 2 aromatic heterocycles. The van der Waals surface area contributed by atoms with Crippen molar-refractivity contribution >= 4 is 11.8 Å². The minimum Gasteiger partial charge on any atom is -0.387 e. The first-order valence-electron chi connectivity index (χ1n) is 5.25. The third kappa shape index (κ3) is 3.25. The van der Waals surface area contributed by atoms with Gasteiger partial charge < -0.3 is 5.11 Å². The van der Waals surface area contributed by atoms with Gasteiger partial charge in [-0.15, -0.1) is 0 Å². The van der Waals surface area contributed by atoms with Crippen LogP contribution in [0.1, 0.15) is 24.3 Å². The van der Waals surface area contributed by atoms with E-state index in [0.29, 0.717) is 10.9 Å². The Morgan fingerprint density at radius 1 is 1.12 bits per heavy atom. The Balaban J connectivity index is 2.11. The lowest BCUT2D eigenvalue weighted by molar-refractivity contribution is 0.194. The highest BCUT2D eigenvalue weighted by Crippen LogP contribution is 2.24. The fourth-order valence-corrected chi connectivity index (χ4v) is 1.90. The predicted molar refractivity (Wildman–Crippen MR) is 65.8 cm³/mol. The standard InChI is InChI=1S/C12H13N3OS/c1-8-5-14-12(15-6-8)17-10-3-4-11(9(2)16)13-7-10/h3-7,9,16H,1-2H3/t9-/m0/s1. The van der Waals surface area contributed by atoms with Gasteiger partial charge >= 0.3 is 0 Å². The summed E-state index contributed by atoms with van der Waals surface area (Å²) in [6.07, 6.45) is 4.75. The van der Waals surface area contributed by atoms with Crippen LogP contribution in [-0.4, -0.2) is 20.1 Å². The van der Waals surface area contributed by atoms with Gasteiger partial charge in [0.1, 0.15) is 0 Å². The van der Waals surface area contributed by atoms with Crippen LogP contribution in [0.25, 0.3) is 0 Å². The van der Waals surface area contributed by atoms with E-state index in [4.69, 9.17) is 0 Å². The molecule has 2 aromatic rings. The van der Waals surface area contributed by atoms with E-state index in [1.54, 1.807) is 31.6 Å². The molecule has 88 valence electrons. The van der Waals surface area contributed by atoms with Crippen LogP contribution < -0.4 is 0 Å². The molecule has 0 bridgehead atoms. The molecule has 0 aromatic carbocycles. The van der Waals surface area contributed by atoms with Crippen molar-refractivity contribution < 1.29 is 5.11 Å².